The van der Waals surface area contributed by atoms with Gasteiger partial charge in [0.25, 0.3) is 0 Å². The monoisotopic (exact) mass is 197 g/mol. The molecular formula is C12H23NO. The highest BCUT2D eigenvalue weighted by molar-refractivity contribution is 4.99. The summed E-state index contributed by atoms with van der Waals surface area (Å²) in [5.41, 5.74) is 0.0626. The Labute approximate surface area is 87.1 Å². The van der Waals surface area contributed by atoms with Gasteiger partial charge in [-0.3, -0.25) is 0 Å². The molecule has 0 spiro atoms. The highest BCUT2D eigenvalue weighted by Gasteiger charge is 2.40. The Hall–Kier alpha value is -0.0800. The third kappa shape index (κ3) is 2.12. The maximum absolute atomic E-state index is 9.56. The summed E-state index contributed by atoms with van der Waals surface area (Å²) in [5.74, 6) is 1.58. The number of aliphatic hydroxyl groups is 1. The highest BCUT2D eigenvalue weighted by Crippen LogP contribution is 2.38. The van der Waals surface area contributed by atoms with E-state index in [-0.39, 0.29) is 5.54 Å². The van der Waals surface area contributed by atoms with Crippen LogP contribution in [0.2, 0.25) is 0 Å². The quantitative estimate of drug-likeness (QED) is 0.724. The second-order valence-corrected chi connectivity index (χ2v) is 5.55. The Morgan fingerprint density at radius 1 is 1.21 bits per heavy atom. The van der Waals surface area contributed by atoms with Crippen molar-refractivity contribution in [3.63, 3.8) is 0 Å². The van der Waals surface area contributed by atoms with Crippen molar-refractivity contribution in [2.45, 2.75) is 57.5 Å². The van der Waals surface area contributed by atoms with Gasteiger partial charge in [-0.05, 0) is 43.9 Å². The van der Waals surface area contributed by atoms with Crippen LogP contribution in [0.5, 0.6) is 0 Å². The minimum atomic E-state index is 0.0626. The van der Waals surface area contributed by atoms with Crippen molar-refractivity contribution in [1.29, 1.82) is 0 Å². The molecule has 0 heterocycles. The lowest BCUT2D eigenvalue weighted by molar-refractivity contribution is 0.0749. The number of rotatable bonds is 3. The van der Waals surface area contributed by atoms with Crippen LogP contribution in [-0.4, -0.2) is 23.3 Å². The molecule has 0 aromatic carbocycles. The van der Waals surface area contributed by atoms with Crippen LogP contribution in [0.15, 0.2) is 0 Å². The summed E-state index contributed by atoms with van der Waals surface area (Å²) in [7, 11) is 0. The maximum Gasteiger partial charge on any atom is 0.0613 e. The van der Waals surface area contributed by atoms with Gasteiger partial charge in [-0.15, -0.1) is 0 Å². The molecule has 3 unspecified atom stereocenters. The Balaban J connectivity index is 1.96. The van der Waals surface area contributed by atoms with E-state index >= 15 is 0 Å². The summed E-state index contributed by atoms with van der Waals surface area (Å²) < 4.78 is 0. The molecule has 2 fully saturated rings. The minimum Gasteiger partial charge on any atom is -0.394 e. The first kappa shape index (κ1) is 10.4. The first-order valence-electron chi connectivity index (χ1n) is 6.04. The summed E-state index contributed by atoms with van der Waals surface area (Å²) in [6, 6.07) is 0.711. The zero-order valence-electron chi connectivity index (χ0n) is 9.42. The van der Waals surface area contributed by atoms with Crippen LogP contribution in [0.3, 0.4) is 0 Å². The SMILES string of the molecule is CC1CCC(CO)(NC2CC2)CC1C. The lowest BCUT2D eigenvalue weighted by Crippen LogP contribution is -2.53. The van der Waals surface area contributed by atoms with E-state index in [4.69, 9.17) is 0 Å². The molecule has 0 aromatic heterocycles. The normalized spacial score (nSPS) is 43.9. The van der Waals surface area contributed by atoms with Crippen LogP contribution < -0.4 is 5.32 Å². The van der Waals surface area contributed by atoms with Crippen molar-refractivity contribution in [2.24, 2.45) is 11.8 Å². The van der Waals surface area contributed by atoms with Gasteiger partial charge < -0.3 is 10.4 Å². The second-order valence-electron chi connectivity index (χ2n) is 5.55. The minimum absolute atomic E-state index is 0.0626. The molecule has 0 amide bonds. The fourth-order valence-corrected chi connectivity index (χ4v) is 2.69. The average molecular weight is 197 g/mol. The lowest BCUT2D eigenvalue weighted by Gasteiger charge is -2.42. The second kappa shape index (κ2) is 3.82. The molecule has 14 heavy (non-hydrogen) atoms. The van der Waals surface area contributed by atoms with Crippen LogP contribution in [-0.2, 0) is 0 Å². The summed E-state index contributed by atoms with van der Waals surface area (Å²) in [4.78, 5) is 0. The van der Waals surface area contributed by atoms with E-state index in [1.54, 1.807) is 0 Å². The fourth-order valence-electron chi connectivity index (χ4n) is 2.69. The van der Waals surface area contributed by atoms with Crippen molar-refractivity contribution < 1.29 is 5.11 Å². The molecule has 2 N–H and O–H groups in total. The van der Waals surface area contributed by atoms with Crippen LogP contribution in [0, 0.1) is 11.8 Å². The molecule has 0 radical (unpaired) electrons. The first-order chi connectivity index (χ1) is 6.65. The molecule has 2 aliphatic rings. The molecule has 82 valence electrons. The van der Waals surface area contributed by atoms with Gasteiger partial charge in [0.05, 0.1) is 6.61 Å². The fraction of sp³-hybridized carbons (Fsp3) is 1.00. The zero-order chi connectivity index (χ0) is 10.2. The largest absolute Gasteiger partial charge is 0.394 e. The molecule has 0 aromatic rings. The zero-order valence-corrected chi connectivity index (χ0v) is 9.42. The van der Waals surface area contributed by atoms with Crippen molar-refractivity contribution in [3.8, 4) is 0 Å². The summed E-state index contributed by atoms with van der Waals surface area (Å²) in [5, 5.41) is 13.2. The third-order valence-electron chi connectivity index (χ3n) is 4.15. The van der Waals surface area contributed by atoms with Gasteiger partial charge in [-0.25, -0.2) is 0 Å². The van der Waals surface area contributed by atoms with Gasteiger partial charge >= 0.3 is 0 Å². The molecule has 0 aliphatic heterocycles. The van der Waals surface area contributed by atoms with E-state index in [1.807, 2.05) is 0 Å². The molecule has 0 bridgehead atoms. The van der Waals surface area contributed by atoms with Crippen LogP contribution in [0.25, 0.3) is 0 Å². The molecule has 2 saturated carbocycles. The average Bonchev–Trinajstić information content (AvgIpc) is 2.96. The molecule has 2 rings (SSSR count). The van der Waals surface area contributed by atoms with Crippen molar-refractivity contribution in [1.82, 2.24) is 5.32 Å². The number of nitrogens with one attached hydrogen (secondary N) is 1. The van der Waals surface area contributed by atoms with Crippen molar-refractivity contribution in [3.05, 3.63) is 0 Å². The molecule has 0 saturated heterocycles. The summed E-state index contributed by atoms with van der Waals surface area (Å²) in [6.07, 6.45) is 6.20. The highest BCUT2D eigenvalue weighted by atomic mass is 16.3. The number of aliphatic hydroxyl groups excluding tert-OH is 1. The maximum atomic E-state index is 9.56. The Morgan fingerprint density at radius 3 is 2.43 bits per heavy atom. The summed E-state index contributed by atoms with van der Waals surface area (Å²) in [6.45, 7) is 4.98. The van der Waals surface area contributed by atoms with Gasteiger partial charge in [-0.2, -0.15) is 0 Å². The van der Waals surface area contributed by atoms with Gasteiger partial charge in [0, 0.05) is 11.6 Å². The smallest absolute Gasteiger partial charge is 0.0613 e. The van der Waals surface area contributed by atoms with Crippen molar-refractivity contribution >= 4 is 0 Å². The van der Waals surface area contributed by atoms with E-state index in [0.29, 0.717) is 12.6 Å². The van der Waals surface area contributed by atoms with Crippen molar-refractivity contribution in [2.75, 3.05) is 6.61 Å². The van der Waals surface area contributed by atoms with E-state index in [0.717, 1.165) is 24.7 Å². The molecule has 2 aliphatic carbocycles. The molecule has 2 heteroatoms. The lowest BCUT2D eigenvalue weighted by atomic mass is 9.71. The molecule has 3 atom stereocenters. The molecule has 2 nitrogen and oxygen atoms in total. The molecular weight excluding hydrogens is 174 g/mol. The van der Waals surface area contributed by atoms with E-state index in [2.05, 4.69) is 19.2 Å². The van der Waals surface area contributed by atoms with E-state index < -0.39 is 0 Å². The Morgan fingerprint density at radius 2 is 1.93 bits per heavy atom. The first-order valence-corrected chi connectivity index (χ1v) is 6.04. The van der Waals surface area contributed by atoms with Crippen LogP contribution in [0.4, 0.5) is 0 Å². The Kier molecular flexibility index (Phi) is 2.85. The van der Waals surface area contributed by atoms with Crippen LogP contribution >= 0.6 is 0 Å². The third-order valence-corrected chi connectivity index (χ3v) is 4.15. The predicted octanol–water partition coefficient (Wildman–Crippen LogP) is 1.93. The number of hydrogen-bond donors (Lipinski definition) is 2. The van der Waals surface area contributed by atoms with Gasteiger partial charge in [0.1, 0.15) is 0 Å². The van der Waals surface area contributed by atoms with Gasteiger partial charge in [-0.1, -0.05) is 13.8 Å². The van der Waals surface area contributed by atoms with Crippen LogP contribution in [0.1, 0.15) is 46.0 Å². The Bertz CT molecular complexity index is 202. The predicted molar refractivity (Wildman–Crippen MR) is 58.2 cm³/mol. The summed E-state index contributed by atoms with van der Waals surface area (Å²) >= 11 is 0. The van der Waals surface area contributed by atoms with E-state index in [9.17, 15) is 5.11 Å². The standard InChI is InChI=1S/C12H23NO/c1-9-5-6-12(8-14,7-10(9)2)13-11-3-4-11/h9-11,13-14H,3-8H2,1-2H3. The van der Waals surface area contributed by atoms with E-state index in [1.165, 1.54) is 19.3 Å². The van der Waals surface area contributed by atoms with Gasteiger partial charge in [0.15, 0.2) is 0 Å². The number of hydrogen-bond acceptors (Lipinski definition) is 2. The van der Waals surface area contributed by atoms with Gasteiger partial charge in [0.2, 0.25) is 0 Å². The topological polar surface area (TPSA) is 32.3 Å².